The van der Waals surface area contributed by atoms with E-state index in [1.165, 1.54) is 24.6 Å². The molecule has 20 heavy (non-hydrogen) atoms. The van der Waals surface area contributed by atoms with Gasteiger partial charge in [0.1, 0.15) is 5.00 Å². The van der Waals surface area contributed by atoms with Crippen LogP contribution in [0.15, 0.2) is 4.79 Å². The third-order valence-corrected chi connectivity index (χ3v) is 4.16. The van der Waals surface area contributed by atoms with Gasteiger partial charge in [-0.25, -0.2) is 4.79 Å². The van der Waals surface area contributed by atoms with Crippen molar-refractivity contribution in [3.8, 4) is 0 Å². The molecular formula is C13H15N3O3S. The highest BCUT2D eigenvalue weighted by Crippen LogP contribution is 2.32. The van der Waals surface area contributed by atoms with Crippen molar-refractivity contribution in [2.24, 2.45) is 0 Å². The second kappa shape index (κ2) is 5.38. The van der Waals surface area contributed by atoms with Crippen LogP contribution in [0.1, 0.15) is 20.8 Å². The lowest BCUT2D eigenvalue weighted by Gasteiger charge is -2.02. The van der Waals surface area contributed by atoms with Crippen LogP contribution in [-0.2, 0) is 4.74 Å². The molecule has 0 unspecified atom stereocenters. The summed E-state index contributed by atoms with van der Waals surface area (Å²) in [6, 6.07) is 0. The summed E-state index contributed by atoms with van der Waals surface area (Å²) in [6.07, 6.45) is 1.52. The van der Waals surface area contributed by atoms with Crippen molar-refractivity contribution < 1.29 is 9.53 Å². The summed E-state index contributed by atoms with van der Waals surface area (Å²) >= 11 is 1.43. The lowest BCUT2D eigenvalue weighted by Crippen LogP contribution is -2.33. The molecule has 0 aliphatic heterocycles. The van der Waals surface area contributed by atoms with Crippen LogP contribution in [-0.4, -0.2) is 23.3 Å². The number of aromatic amines is 2. The molecule has 6 nitrogen and oxygen atoms in total. The van der Waals surface area contributed by atoms with Gasteiger partial charge in [-0.2, -0.15) is 0 Å². The fourth-order valence-corrected chi connectivity index (χ4v) is 2.79. The van der Waals surface area contributed by atoms with E-state index in [0.29, 0.717) is 21.1 Å². The number of aromatic nitrogens is 2. The molecule has 0 aromatic carbocycles. The van der Waals surface area contributed by atoms with Gasteiger partial charge in [0.15, 0.2) is 0 Å². The Kier molecular flexibility index (Phi) is 3.80. The summed E-state index contributed by atoms with van der Waals surface area (Å²) in [7, 11) is 1.34. The smallest absolute Gasteiger partial charge is 0.341 e. The molecule has 0 atom stereocenters. The standard InChI is InChI=1S/C13H15N3O3S/c1-6-8(3)20-12(10(6)13(18)19-4)14-5-9-7(2)15-16-11(9)17/h5,14-15H,2H2,1,3-4H3,(H,16,17)/b9-5-. The summed E-state index contributed by atoms with van der Waals surface area (Å²) in [6.45, 7) is 7.49. The van der Waals surface area contributed by atoms with Gasteiger partial charge in [-0.15, -0.1) is 11.3 Å². The number of methoxy groups -OCH3 is 1. The van der Waals surface area contributed by atoms with Crippen molar-refractivity contribution >= 4 is 35.1 Å². The summed E-state index contributed by atoms with van der Waals surface area (Å²) in [5.74, 6) is -0.402. The minimum Gasteiger partial charge on any atom is -0.465 e. The number of nitrogens with one attached hydrogen (secondary N) is 3. The van der Waals surface area contributed by atoms with E-state index in [2.05, 4.69) is 22.1 Å². The van der Waals surface area contributed by atoms with E-state index >= 15 is 0 Å². The van der Waals surface area contributed by atoms with Crippen LogP contribution in [0.2, 0.25) is 0 Å². The average molecular weight is 293 g/mol. The lowest BCUT2D eigenvalue weighted by atomic mass is 10.1. The predicted octanol–water partition coefficient (Wildman–Crippen LogP) is 0.428. The maximum atomic E-state index is 11.8. The van der Waals surface area contributed by atoms with Crippen LogP contribution in [0.5, 0.6) is 0 Å². The molecule has 0 amide bonds. The Labute approximate surface area is 118 Å². The van der Waals surface area contributed by atoms with E-state index in [1.807, 2.05) is 13.8 Å². The fourth-order valence-electron chi connectivity index (χ4n) is 1.77. The zero-order valence-corrected chi connectivity index (χ0v) is 12.2. The topological polar surface area (TPSA) is 87.0 Å². The van der Waals surface area contributed by atoms with Crippen LogP contribution in [0.3, 0.4) is 0 Å². The molecule has 2 rings (SSSR count). The lowest BCUT2D eigenvalue weighted by molar-refractivity contribution is 0.0601. The van der Waals surface area contributed by atoms with E-state index in [0.717, 1.165) is 10.4 Å². The first kappa shape index (κ1) is 14.1. The highest BCUT2D eigenvalue weighted by molar-refractivity contribution is 7.16. The van der Waals surface area contributed by atoms with Crippen molar-refractivity contribution in [1.82, 2.24) is 10.2 Å². The van der Waals surface area contributed by atoms with E-state index in [1.54, 1.807) is 0 Å². The Balaban J connectivity index is 2.48. The summed E-state index contributed by atoms with van der Waals surface area (Å²) in [4.78, 5) is 24.3. The van der Waals surface area contributed by atoms with E-state index in [-0.39, 0.29) is 5.56 Å². The number of aryl methyl sites for hydroxylation is 1. The van der Waals surface area contributed by atoms with Crippen LogP contribution in [0.4, 0.5) is 5.00 Å². The van der Waals surface area contributed by atoms with Crippen molar-refractivity contribution in [2.45, 2.75) is 13.8 Å². The zero-order valence-electron chi connectivity index (χ0n) is 11.4. The Morgan fingerprint density at radius 2 is 2.10 bits per heavy atom. The van der Waals surface area contributed by atoms with Crippen LogP contribution < -0.4 is 21.4 Å². The average Bonchev–Trinajstić information content (AvgIpc) is 2.88. The van der Waals surface area contributed by atoms with E-state index in [4.69, 9.17) is 4.74 Å². The molecule has 7 heteroatoms. The normalized spacial score (nSPS) is 11.7. The zero-order chi connectivity index (χ0) is 14.9. The number of rotatable bonds is 3. The fraction of sp³-hybridized carbons (Fsp3) is 0.231. The maximum absolute atomic E-state index is 11.8. The number of hydrogen-bond donors (Lipinski definition) is 3. The van der Waals surface area contributed by atoms with Crippen molar-refractivity contribution in [3.63, 3.8) is 0 Å². The number of thiophene rings is 1. The Morgan fingerprint density at radius 3 is 2.65 bits per heavy atom. The minimum absolute atomic E-state index is 0.271. The van der Waals surface area contributed by atoms with Crippen molar-refractivity contribution in [3.05, 3.63) is 36.9 Å². The number of carbonyl (C=O) groups is 1. The second-order valence-electron chi connectivity index (χ2n) is 4.24. The van der Waals surface area contributed by atoms with Crippen molar-refractivity contribution in [1.29, 1.82) is 0 Å². The quantitative estimate of drug-likeness (QED) is 0.716. The molecule has 2 aromatic rings. The molecule has 0 saturated heterocycles. The Hall–Kier alpha value is -2.28. The molecule has 0 aliphatic rings. The minimum atomic E-state index is -0.402. The van der Waals surface area contributed by atoms with Gasteiger partial charge >= 0.3 is 5.97 Å². The maximum Gasteiger partial charge on any atom is 0.341 e. The number of H-pyrrole nitrogens is 2. The predicted molar refractivity (Wildman–Crippen MR) is 79.4 cm³/mol. The first-order chi connectivity index (χ1) is 9.45. The van der Waals surface area contributed by atoms with Gasteiger partial charge in [-0.3, -0.25) is 15.0 Å². The third kappa shape index (κ3) is 2.39. The summed E-state index contributed by atoms with van der Waals surface area (Å²) in [5, 5.41) is 9.57. The molecule has 0 aliphatic carbocycles. The molecule has 3 N–H and O–H groups in total. The van der Waals surface area contributed by atoms with Crippen LogP contribution in [0.25, 0.3) is 12.8 Å². The number of esters is 1. The van der Waals surface area contributed by atoms with Crippen LogP contribution >= 0.6 is 11.3 Å². The van der Waals surface area contributed by atoms with Gasteiger partial charge < -0.3 is 10.1 Å². The largest absolute Gasteiger partial charge is 0.465 e. The molecule has 0 fully saturated rings. The molecule has 0 spiro atoms. The van der Waals surface area contributed by atoms with Gasteiger partial charge in [-0.1, -0.05) is 6.58 Å². The molecule has 0 saturated carbocycles. The first-order valence-corrected chi connectivity index (χ1v) is 6.68. The molecule has 2 heterocycles. The van der Waals surface area contributed by atoms with Crippen LogP contribution in [0, 0.1) is 13.8 Å². The Bertz CT molecular complexity index is 783. The second-order valence-corrected chi connectivity index (χ2v) is 5.46. The van der Waals surface area contributed by atoms with Gasteiger partial charge in [-0.05, 0) is 19.4 Å². The first-order valence-electron chi connectivity index (χ1n) is 5.86. The highest BCUT2D eigenvalue weighted by Gasteiger charge is 2.19. The van der Waals surface area contributed by atoms with Crippen molar-refractivity contribution in [2.75, 3.05) is 12.4 Å². The summed E-state index contributed by atoms with van der Waals surface area (Å²) in [5.41, 5.74) is 1.09. The van der Waals surface area contributed by atoms with Gasteiger partial charge in [0.05, 0.1) is 23.2 Å². The summed E-state index contributed by atoms with van der Waals surface area (Å²) < 4.78 is 4.78. The number of carbonyl (C=O) groups excluding carboxylic acids is 1. The van der Waals surface area contributed by atoms with Gasteiger partial charge in [0, 0.05) is 11.1 Å². The molecule has 2 aromatic heterocycles. The van der Waals surface area contributed by atoms with E-state index < -0.39 is 5.97 Å². The molecule has 106 valence electrons. The molecule has 0 bridgehead atoms. The van der Waals surface area contributed by atoms with E-state index in [9.17, 15) is 9.59 Å². The number of ether oxygens (including phenoxy) is 1. The molecule has 0 radical (unpaired) electrons. The monoisotopic (exact) mass is 293 g/mol. The SMILES string of the molecule is C=c1[nH][nH]c(=O)/c1=C\Nc1sc(C)c(C)c1C(=O)OC. The Morgan fingerprint density at radius 1 is 1.40 bits per heavy atom. The molecular weight excluding hydrogens is 278 g/mol. The number of anilines is 1. The third-order valence-electron chi connectivity index (χ3n) is 3.02. The number of hydrogen-bond acceptors (Lipinski definition) is 5. The highest BCUT2D eigenvalue weighted by atomic mass is 32.1. The van der Waals surface area contributed by atoms with Gasteiger partial charge in [0.25, 0.3) is 5.56 Å². The van der Waals surface area contributed by atoms with Gasteiger partial charge in [0.2, 0.25) is 0 Å².